The number of ether oxygens (including phenoxy) is 2. The van der Waals surface area contributed by atoms with Crippen LogP contribution in [0, 0.1) is 0 Å². The predicted molar refractivity (Wildman–Crippen MR) is 87.1 cm³/mol. The van der Waals surface area contributed by atoms with Gasteiger partial charge >= 0.3 is 0 Å². The van der Waals surface area contributed by atoms with Crippen LogP contribution in [-0.2, 0) is 15.9 Å². The molecule has 0 radical (unpaired) electrons. The molecular weight excluding hydrogens is 292 g/mol. The highest BCUT2D eigenvalue weighted by atomic mass is 16.6. The molecule has 0 amide bonds. The summed E-state index contributed by atoms with van der Waals surface area (Å²) in [4.78, 5) is 4.32. The van der Waals surface area contributed by atoms with Crippen LogP contribution in [0.4, 0.5) is 0 Å². The summed E-state index contributed by atoms with van der Waals surface area (Å²) in [6, 6.07) is 7.85. The number of fused-ring (bicyclic) bond motifs is 1. The standard InChI is InChI=1S/C18H24N2O3/c1-4-22-10-9-13-11-19-12-20(13)16-14-7-5-6-8-15(14)17(21)23-18(16,2)3/h5-8,11-12,16-17,21H,4,9-10H2,1-3H3. The summed E-state index contributed by atoms with van der Waals surface area (Å²) in [5.41, 5.74) is 2.45. The molecule has 1 aromatic heterocycles. The summed E-state index contributed by atoms with van der Waals surface area (Å²) >= 11 is 0. The van der Waals surface area contributed by atoms with Gasteiger partial charge in [-0.1, -0.05) is 24.3 Å². The van der Waals surface area contributed by atoms with Gasteiger partial charge in [0.15, 0.2) is 6.29 Å². The molecule has 0 aliphatic carbocycles. The fourth-order valence-corrected chi connectivity index (χ4v) is 3.34. The number of aromatic nitrogens is 2. The van der Waals surface area contributed by atoms with Crippen molar-refractivity contribution in [3.05, 3.63) is 53.6 Å². The smallest absolute Gasteiger partial charge is 0.182 e. The van der Waals surface area contributed by atoms with Crippen molar-refractivity contribution in [1.29, 1.82) is 0 Å². The average molecular weight is 316 g/mol. The van der Waals surface area contributed by atoms with E-state index in [0.29, 0.717) is 13.2 Å². The number of hydrogen-bond donors (Lipinski definition) is 1. The molecule has 1 aliphatic rings. The predicted octanol–water partition coefficient (Wildman–Crippen LogP) is 2.85. The van der Waals surface area contributed by atoms with Crippen LogP contribution in [0.15, 0.2) is 36.8 Å². The second kappa shape index (κ2) is 6.43. The molecular formula is C18H24N2O3. The third-order valence-electron chi connectivity index (χ3n) is 4.36. The van der Waals surface area contributed by atoms with E-state index in [1.807, 2.05) is 51.5 Å². The number of nitrogens with zero attached hydrogens (tertiary/aromatic N) is 2. The second-order valence-corrected chi connectivity index (χ2v) is 6.34. The molecule has 5 nitrogen and oxygen atoms in total. The van der Waals surface area contributed by atoms with Crippen molar-refractivity contribution in [3.8, 4) is 0 Å². The highest BCUT2D eigenvalue weighted by Gasteiger charge is 2.42. The van der Waals surface area contributed by atoms with E-state index in [9.17, 15) is 5.11 Å². The topological polar surface area (TPSA) is 56.5 Å². The number of rotatable bonds is 5. The van der Waals surface area contributed by atoms with Crippen LogP contribution in [0.5, 0.6) is 0 Å². The van der Waals surface area contributed by atoms with Crippen LogP contribution in [0.1, 0.15) is 49.9 Å². The van der Waals surface area contributed by atoms with Crippen molar-refractivity contribution in [3.63, 3.8) is 0 Å². The Morgan fingerprint density at radius 1 is 1.30 bits per heavy atom. The van der Waals surface area contributed by atoms with Crippen molar-refractivity contribution < 1.29 is 14.6 Å². The molecule has 2 heterocycles. The zero-order valence-corrected chi connectivity index (χ0v) is 13.9. The maximum absolute atomic E-state index is 10.3. The maximum Gasteiger partial charge on any atom is 0.182 e. The lowest BCUT2D eigenvalue weighted by Crippen LogP contribution is -2.43. The summed E-state index contributed by atoms with van der Waals surface area (Å²) in [5, 5.41) is 10.3. The molecule has 1 N–H and O–H groups in total. The number of benzene rings is 1. The molecule has 0 saturated carbocycles. The fourth-order valence-electron chi connectivity index (χ4n) is 3.34. The van der Waals surface area contributed by atoms with Crippen molar-refractivity contribution in [2.75, 3.05) is 13.2 Å². The van der Waals surface area contributed by atoms with Gasteiger partial charge in [0.1, 0.15) is 0 Å². The van der Waals surface area contributed by atoms with E-state index in [4.69, 9.17) is 9.47 Å². The van der Waals surface area contributed by atoms with Gasteiger partial charge < -0.3 is 19.1 Å². The van der Waals surface area contributed by atoms with Crippen molar-refractivity contribution in [2.24, 2.45) is 0 Å². The van der Waals surface area contributed by atoms with Gasteiger partial charge in [0.2, 0.25) is 0 Å². The Morgan fingerprint density at radius 3 is 2.78 bits per heavy atom. The first-order valence-electron chi connectivity index (χ1n) is 8.07. The molecule has 2 aromatic rings. The van der Waals surface area contributed by atoms with Gasteiger partial charge in [0.05, 0.1) is 24.6 Å². The lowest BCUT2D eigenvalue weighted by molar-refractivity contribution is -0.200. The van der Waals surface area contributed by atoms with E-state index in [-0.39, 0.29) is 6.04 Å². The van der Waals surface area contributed by atoms with E-state index >= 15 is 0 Å². The zero-order valence-electron chi connectivity index (χ0n) is 13.9. The van der Waals surface area contributed by atoms with Gasteiger partial charge in [-0.05, 0) is 26.3 Å². The van der Waals surface area contributed by atoms with E-state index in [0.717, 1.165) is 23.2 Å². The van der Waals surface area contributed by atoms with Gasteiger partial charge in [-0.15, -0.1) is 0 Å². The lowest BCUT2D eigenvalue weighted by atomic mass is 9.85. The largest absolute Gasteiger partial charge is 0.381 e. The van der Waals surface area contributed by atoms with Crippen molar-refractivity contribution >= 4 is 0 Å². The molecule has 0 saturated heterocycles. The second-order valence-electron chi connectivity index (χ2n) is 6.34. The molecule has 0 spiro atoms. The summed E-state index contributed by atoms with van der Waals surface area (Å²) < 4.78 is 13.5. The van der Waals surface area contributed by atoms with Gasteiger partial charge in [-0.3, -0.25) is 0 Å². The van der Waals surface area contributed by atoms with Gasteiger partial charge in [-0.25, -0.2) is 4.98 Å². The molecule has 124 valence electrons. The van der Waals surface area contributed by atoms with Crippen molar-refractivity contribution in [1.82, 2.24) is 9.55 Å². The minimum atomic E-state index is -0.896. The van der Waals surface area contributed by atoms with Crippen LogP contribution in [0.3, 0.4) is 0 Å². The molecule has 2 unspecified atom stereocenters. The lowest BCUT2D eigenvalue weighted by Gasteiger charge is -2.43. The highest BCUT2D eigenvalue weighted by Crippen LogP contribution is 2.44. The summed E-state index contributed by atoms with van der Waals surface area (Å²) in [6.45, 7) is 7.38. The Kier molecular flexibility index (Phi) is 4.53. The average Bonchev–Trinajstić information content (AvgIpc) is 2.95. The van der Waals surface area contributed by atoms with Crippen molar-refractivity contribution in [2.45, 2.75) is 45.1 Å². The Labute approximate surface area is 136 Å². The first-order chi connectivity index (χ1) is 11.0. The Bertz CT molecular complexity index is 666. The first kappa shape index (κ1) is 16.2. The van der Waals surface area contributed by atoms with Gasteiger partial charge in [0, 0.05) is 30.5 Å². The number of aliphatic hydroxyl groups is 1. The first-order valence-corrected chi connectivity index (χ1v) is 8.07. The summed E-state index contributed by atoms with van der Waals surface area (Å²) in [5.74, 6) is 0. The monoisotopic (exact) mass is 316 g/mol. The minimum Gasteiger partial charge on any atom is -0.381 e. The Balaban J connectivity index is 2.01. The number of imidazole rings is 1. The summed E-state index contributed by atoms with van der Waals surface area (Å²) in [6.07, 6.45) is 3.62. The quantitative estimate of drug-likeness (QED) is 0.862. The Hall–Kier alpha value is -1.69. The molecule has 0 bridgehead atoms. The van der Waals surface area contributed by atoms with Crippen LogP contribution in [-0.4, -0.2) is 33.5 Å². The number of hydrogen-bond acceptors (Lipinski definition) is 4. The third-order valence-corrected chi connectivity index (χ3v) is 4.36. The zero-order chi connectivity index (χ0) is 16.4. The molecule has 1 aliphatic heterocycles. The van der Waals surface area contributed by atoms with Gasteiger partial charge in [0.25, 0.3) is 0 Å². The van der Waals surface area contributed by atoms with E-state index < -0.39 is 11.9 Å². The molecule has 5 heteroatoms. The molecule has 2 atom stereocenters. The maximum atomic E-state index is 10.3. The fraction of sp³-hybridized carbons (Fsp3) is 0.500. The molecule has 0 fully saturated rings. The summed E-state index contributed by atoms with van der Waals surface area (Å²) in [7, 11) is 0. The third kappa shape index (κ3) is 3.04. The molecule has 23 heavy (non-hydrogen) atoms. The highest BCUT2D eigenvalue weighted by molar-refractivity contribution is 5.36. The molecule has 3 rings (SSSR count). The van der Waals surface area contributed by atoms with E-state index in [2.05, 4.69) is 15.6 Å². The van der Waals surface area contributed by atoms with Crippen LogP contribution in [0.25, 0.3) is 0 Å². The van der Waals surface area contributed by atoms with Gasteiger partial charge in [-0.2, -0.15) is 0 Å². The minimum absolute atomic E-state index is 0.0405. The van der Waals surface area contributed by atoms with E-state index in [1.54, 1.807) is 0 Å². The number of aliphatic hydroxyl groups excluding tert-OH is 1. The van der Waals surface area contributed by atoms with Crippen LogP contribution < -0.4 is 0 Å². The van der Waals surface area contributed by atoms with Crippen LogP contribution in [0.2, 0.25) is 0 Å². The normalized spacial score (nSPS) is 22.8. The molecule has 1 aromatic carbocycles. The Morgan fingerprint density at radius 2 is 2.04 bits per heavy atom. The van der Waals surface area contributed by atoms with E-state index in [1.165, 1.54) is 0 Å². The van der Waals surface area contributed by atoms with Crippen LogP contribution >= 0.6 is 0 Å². The SMILES string of the molecule is CCOCCc1cncn1C1c2ccccc2C(O)OC1(C)C.